The Hall–Kier alpha value is -4.50. The van der Waals surface area contributed by atoms with Crippen molar-refractivity contribution in [1.29, 1.82) is 0 Å². The number of fused-ring (bicyclic) bond motifs is 4. The van der Waals surface area contributed by atoms with Crippen LogP contribution >= 0.6 is 22.7 Å². The van der Waals surface area contributed by atoms with Crippen LogP contribution in [0.1, 0.15) is 51.9 Å². The molecule has 2 aromatic carbocycles. The van der Waals surface area contributed by atoms with Crippen molar-refractivity contribution in [3.8, 4) is 11.1 Å². The molecule has 0 fully saturated rings. The molecule has 50 heavy (non-hydrogen) atoms. The van der Waals surface area contributed by atoms with Crippen LogP contribution in [0.15, 0.2) is 36.4 Å². The highest BCUT2D eigenvalue weighted by Crippen LogP contribution is 2.43. The summed E-state index contributed by atoms with van der Waals surface area (Å²) in [5.41, 5.74) is 8.00. The lowest BCUT2D eigenvalue weighted by molar-refractivity contribution is -0.138. The van der Waals surface area contributed by atoms with Gasteiger partial charge in [-0.3, -0.25) is 29.0 Å². The summed E-state index contributed by atoms with van der Waals surface area (Å²) >= 11 is 2.81. The molecule has 2 aromatic heterocycles. The zero-order valence-electron chi connectivity index (χ0n) is 28.0. The Morgan fingerprint density at radius 3 is 1.64 bits per heavy atom. The minimum absolute atomic E-state index is 0.0226. The first-order valence-corrected chi connectivity index (χ1v) is 18.5. The van der Waals surface area contributed by atoms with Gasteiger partial charge in [-0.2, -0.15) is 0 Å². The second kappa shape index (κ2) is 13.0. The molecule has 8 rings (SSSR count). The van der Waals surface area contributed by atoms with Crippen LogP contribution in [0, 0.1) is 0 Å². The zero-order valence-corrected chi connectivity index (χ0v) is 29.6. The largest absolute Gasteiger partial charge is 0.480 e. The first kappa shape index (κ1) is 32.7. The number of carboxylic acid groups (broad SMARTS) is 1. The summed E-state index contributed by atoms with van der Waals surface area (Å²) in [7, 11) is 3.52. The predicted octanol–water partition coefficient (Wildman–Crippen LogP) is 3.56. The number of rotatable bonds is 7. The van der Waals surface area contributed by atoms with Crippen molar-refractivity contribution in [3.63, 3.8) is 0 Å². The van der Waals surface area contributed by atoms with Gasteiger partial charge in [-0.25, -0.2) is 9.97 Å². The van der Waals surface area contributed by atoms with Crippen molar-refractivity contribution in [2.75, 3.05) is 63.2 Å². The van der Waals surface area contributed by atoms with E-state index in [9.17, 15) is 24.3 Å². The minimum atomic E-state index is -0.858. The van der Waals surface area contributed by atoms with Gasteiger partial charge in [0.1, 0.15) is 0 Å². The van der Waals surface area contributed by atoms with Crippen LogP contribution in [-0.4, -0.2) is 107 Å². The lowest BCUT2D eigenvalue weighted by Gasteiger charge is -2.26. The van der Waals surface area contributed by atoms with Crippen LogP contribution in [0.3, 0.4) is 0 Å². The van der Waals surface area contributed by atoms with E-state index < -0.39 is 5.97 Å². The van der Waals surface area contributed by atoms with Gasteiger partial charge in [-0.05, 0) is 47.2 Å². The van der Waals surface area contributed by atoms with E-state index in [1.54, 1.807) is 19.0 Å². The molecule has 0 atom stereocenters. The van der Waals surface area contributed by atoms with Crippen LogP contribution in [0.2, 0.25) is 0 Å². The van der Waals surface area contributed by atoms with Gasteiger partial charge in [0.2, 0.25) is 5.91 Å². The maximum absolute atomic E-state index is 13.9. The molecular formula is C36H37N7O5S2. The molecule has 4 aromatic rings. The van der Waals surface area contributed by atoms with Gasteiger partial charge in [-0.15, -0.1) is 22.7 Å². The topological polar surface area (TPSA) is 130 Å². The van der Waals surface area contributed by atoms with Crippen molar-refractivity contribution < 1.29 is 24.3 Å². The fraction of sp³-hybridized carbons (Fsp3) is 0.389. The molecule has 6 heterocycles. The Morgan fingerprint density at radius 1 is 0.700 bits per heavy atom. The second-order valence-electron chi connectivity index (χ2n) is 13.4. The van der Waals surface area contributed by atoms with Crippen LogP contribution in [0.4, 0.5) is 11.4 Å². The van der Waals surface area contributed by atoms with E-state index in [1.807, 2.05) is 39.0 Å². The normalized spacial score (nSPS) is 16.9. The number of hydrogen-bond acceptors (Lipinski definition) is 10. The van der Waals surface area contributed by atoms with E-state index in [-0.39, 0.29) is 24.3 Å². The highest BCUT2D eigenvalue weighted by molar-refractivity contribution is 7.14. The molecule has 0 aliphatic carbocycles. The molecule has 14 heteroatoms. The van der Waals surface area contributed by atoms with Gasteiger partial charge in [0.15, 0.2) is 10.0 Å². The first-order chi connectivity index (χ1) is 24.1. The van der Waals surface area contributed by atoms with Crippen molar-refractivity contribution >= 4 is 57.7 Å². The van der Waals surface area contributed by atoms with E-state index in [0.717, 1.165) is 74.2 Å². The Labute approximate surface area is 297 Å². The predicted molar refractivity (Wildman–Crippen MR) is 191 cm³/mol. The van der Waals surface area contributed by atoms with Crippen LogP contribution in [-0.2, 0) is 48.4 Å². The molecule has 0 unspecified atom stereocenters. The monoisotopic (exact) mass is 711 g/mol. The Bertz CT molecular complexity index is 2060. The van der Waals surface area contributed by atoms with Crippen molar-refractivity contribution in [3.05, 3.63) is 78.7 Å². The molecule has 3 amide bonds. The smallest absolute Gasteiger partial charge is 0.317 e. The Morgan fingerprint density at radius 2 is 1.18 bits per heavy atom. The number of carbonyl (C=O) groups is 4. The maximum atomic E-state index is 13.9. The van der Waals surface area contributed by atoms with Gasteiger partial charge in [0.05, 0.1) is 24.5 Å². The molecular weight excluding hydrogens is 675 g/mol. The summed E-state index contributed by atoms with van der Waals surface area (Å²) in [6, 6.07) is 12.2. The second-order valence-corrected chi connectivity index (χ2v) is 15.6. The minimum Gasteiger partial charge on any atom is -0.480 e. The molecule has 0 radical (unpaired) electrons. The number of likely N-dealkylation sites (N-methyl/N-ethyl adjacent to an activating group) is 1. The van der Waals surface area contributed by atoms with Gasteiger partial charge >= 0.3 is 5.97 Å². The fourth-order valence-electron chi connectivity index (χ4n) is 7.50. The molecule has 0 saturated carbocycles. The number of aliphatic carboxylic acids is 1. The number of thiazole rings is 2. The Balaban J connectivity index is 1.01. The summed E-state index contributed by atoms with van der Waals surface area (Å²) in [5, 5.41) is 10.1. The lowest BCUT2D eigenvalue weighted by Crippen LogP contribution is -2.39. The summed E-state index contributed by atoms with van der Waals surface area (Å²) < 4.78 is 0. The third-order valence-corrected chi connectivity index (χ3v) is 12.2. The summed E-state index contributed by atoms with van der Waals surface area (Å²) in [6.07, 6.45) is 2.78. The summed E-state index contributed by atoms with van der Waals surface area (Å²) in [4.78, 5) is 72.0. The maximum Gasteiger partial charge on any atom is 0.317 e. The van der Waals surface area contributed by atoms with E-state index in [4.69, 9.17) is 9.97 Å². The molecule has 0 spiro atoms. The third-order valence-electron chi connectivity index (χ3n) is 10.0. The molecule has 4 aliphatic heterocycles. The molecule has 0 bridgehead atoms. The number of nitrogens with zero attached hydrogens (tertiary/aromatic N) is 7. The SMILES string of the molecule is CN(C)C(=O)CN1CCc2nc(C(=O)N3CCc4c(-c5cccc6c5CCN6C(=O)c5nc6c(s5)CN(CC(=O)O)CC6)cccc43)sc2C1. The van der Waals surface area contributed by atoms with Crippen molar-refractivity contribution in [2.45, 2.75) is 38.8 Å². The van der Waals surface area contributed by atoms with E-state index in [1.165, 1.54) is 22.7 Å². The Kier molecular flexibility index (Phi) is 8.50. The van der Waals surface area contributed by atoms with Crippen LogP contribution in [0.5, 0.6) is 0 Å². The first-order valence-electron chi connectivity index (χ1n) is 16.9. The molecule has 0 saturated heterocycles. The molecule has 4 aliphatic rings. The van der Waals surface area contributed by atoms with Crippen molar-refractivity contribution in [2.24, 2.45) is 0 Å². The van der Waals surface area contributed by atoms with E-state index in [0.29, 0.717) is 62.1 Å². The number of benzene rings is 2. The summed E-state index contributed by atoms with van der Waals surface area (Å²) in [6.45, 7) is 3.92. The third kappa shape index (κ3) is 5.89. The van der Waals surface area contributed by atoms with E-state index in [2.05, 4.69) is 17.0 Å². The van der Waals surface area contributed by atoms with Gasteiger partial charge < -0.3 is 19.8 Å². The number of carboxylic acids is 1. The highest BCUT2D eigenvalue weighted by Gasteiger charge is 2.35. The number of aromatic nitrogens is 2. The average Bonchev–Trinajstić information content (AvgIpc) is 3.90. The molecule has 1 N–H and O–H groups in total. The standard InChI is InChI=1S/C36H37N7O5S2/c1-39(2)31(44)19-40-13-11-25-29(17-40)49-33(37-25)35(47)42-15-9-23-21(5-3-7-27(23)42)22-6-4-8-28-24(22)10-16-43(28)36(48)34-38-26-12-14-41(20-32(45)46)18-30(26)50-34/h3-8H,9-20H2,1-2H3,(H,45,46). The van der Waals surface area contributed by atoms with Crippen LogP contribution < -0.4 is 9.80 Å². The van der Waals surface area contributed by atoms with E-state index >= 15 is 0 Å². The van der Waals surface area contributed by atoms with Crippen LogP contribution in [0.25, 0.3) is 11.1 Å². The average molecular weight is 712 g/mol. The lowest BCUT2D eigenvalue weighted by atomic mass is 9.93. The molecule has 12 nitrogen and oxygen atoms in total. The quantitative estimate of drug-likeness (QED) is 0.306. The fourth-order valence-corrected chi connectivity index (χ4v) is 9.70. The number of carbonyl (C=O) groups excluding carboxylic acids is 3. The summed E-state index contributed by atoms with van der Waals surface area (Å²) in [5.74, 6) is -1.02. The number of hydrogen-bond donors (Lipinski definition) is 1. The molecule has 258 valence electrons. The number of anilines is 2. The highest BCUT2D eigenvalue weighted by atomic mass is 32.1. The van der Waals surface area contributed by atoms with Crippen molar-refractivity contribution in [1.82, 2.24) is 24.7 Å². The van der Waals surface area contributed by atoms with Gasteiger partial charge in [0, 0.05) is 87.3 Å². The number of amides is 3. The van der Waals surface area contributed by atoms with Gasteiger partial charge in [-0.1, -0.05) is 24.3 Å². The zero-order chi connectivity index (χ0) is 34.7. The van der Waals surface area contributed by atoms with Gasteiger partial charge in [0.25, 0.3) is 11.8 Å².